The predicted octanol–water partition coefficient (Wildman–Crippen LogP) is 1.25. The number of primary amides is 1. The Balaban J connectivity index is 2.52. The lowest BCUT2D eigenvalue weighted by atomic mass is 10.1. The van der Waals surface area contributed by atoms with Crippen LogP contribution in [0.1, 0.15) is 10.6 Å². The van der Waals surface area contributed by atoms with Crippen molar-refractivity contribution >= 4 is 5.91 Å². The number of nitrogens with two attached hydrogens (primary N) is 1. The molecule has 2 aromatic rings. The monoisotopic (exact) mass is 229 g/mol. The number of benzene rings is 1. The van der Waals surface area contributed by atoms with Crippen molar-refractivity contribution in [3.63, 3.8) is 0 Å². The van der Waals surface area contributed by atoms with Crippen LogP contribution in [0.2, 0.25) is 0 Å². The summed E-state index contributed by atoms with van der Waals surface area (Å²) in [6.07, 6.45) is 1.49. The van der Waals surface area contributed by atoms with Gasteiger partial charge >= 0.3 is 0 Å². The van der Waals surface area contributed by atoms with Gasteiger partial charge in [0.1, 0.15) is 5.75 Å². The third-order valence-electron chi connectivity index (χ3n) is 2.26. The van der Waals surface area contributed by atoms with Crippen molar-refractivity contribution < 1.29 is 9.53 Å². The highest BCUT2D eigenvalue weighted by molar-refractivity contribution is 5.89. The van der Waals surface area contributed by atoms with Gasteiger partial charge in [0, 0.05) is 11.8 Å². The molecule has 0 aliphatic carbocycles. The molecule has 17 heavy (non-hydrogen) atoms. The average molecular weight is 229 g/mol. The standard InChI is InChI=1S/C12H11N3O2/c1-17-10-5-3-2-4-8(10)9-6-7-14-12(15-9)11(13)16/h2-7H,1H3,(H2,13,16). The molecule has 0 unspecified atom stereocenters. The zero-order valence-electron chi connectivity index (χ0n) is 9.25. The topological polar surface area (TPSA) is 78.1 Å². The fourth-order valence-electron chi connectivity index (χ4n) is 1.48. The van der Waals surface area contributed by atoms with E-state index in [9.17, 15) is 4.79 Å². The highest BCUT2D eigenvalue weighted by atomic mass is 16.5. The average Bonchev–Trinajstić information content (AvgIpc) is 2.39. The lowest BCUT2D eigenvalue weighted by Gasteiger charge is -2.07. The maximum Gasteiger partial charge on any atom is 0.286 e. The van der Waals surface area contributed by atoms with Gasteiger partial charge in [0.05, 0.1) is 12.8 Å². The van der Waals surface area contributed by atoms with Gasteiger partial charge in [0.15, 0.2) is 0 Å². The van der Waals surface area contributed by atoms with E-state index in [1.54, 1.807) is 13.2 Å². The normalized spacial score (nSPS) is 9.94. The van der Waals surface area contributed by atoms with Crippen LogP contribution >= 0.6 is 0 Å². The van der Waals surface area contributed by atoms with Crippen LogP contribution in [0.5, 0.6) is 5.75 Å². The van der Waals surface area contributed by atoms with Crippen molar-refractivity contribution in [3.05, 3.63) is 42.4 Å². The number of carbonyl (C=O) groups is 1. The molecule has 0 aliphatic heterocycles. The number of hydrogen-bond acceptors (Lipinski definition) is 4. The molecule has 86 valence electrons. The summed E-state index contributed by atoms with van der Waals surface area (Å²) in [4.78, 5) is 18.9. The van der Waals surface area contributed by atoms with Gasteiger partial charge in [-0.1, -0.05) is 12.1 Å². The maximum absolute atomic E-state index is 11.0. The van der Waals surface area contributed by atoms with Crippen molar-refractivity contribution in [1.82, 2.24) is 9.97 Å². The van der Waals surface area contributed by atoms with Crippen LogP contribution in [0.3, 0.4) is 0 Å². The van der Waals surface area contributed by atoms with Crippen molar-refractivity contribution in [3.8, 4) is 17.0 Å². The molecule has 0 spiro atoms. The number of rotatable bonds is 3. The molecule has 0 atom stereocenters. The highest BCUT2D eigenvalue weighted by Crippen LogP contribution is 2.27. The van der Waals surface area contributed by atoms with Crippen molar-refractivity contribution in [1.29, 1.82) is 0 Å². The fraction of sp³-hybridized carbons (Fsp3) is 0.0833. The van der Waals surface area contributed by atoms with Crippen LogP contribution in [0.15, 0.2) is 36.5 Å². The molecular weight excluding hydrogens is 218 g/mol. The summed E-state index contributed by atoms with van der Waals surface area (Å²) in [6, 6.07) is 9.10. The van der Waals surface area contributed by atoms with E-state index in [1.807, 2.05) is 24.3 Å². The van der Waals surface area contributed by atoms with Gasteiger partial charge in [0.25, 0.3) is 5.91 Å². The van der Waals surface area contributed by atoms with Crippen LogP contribution in [0.25, 0.3) is 11.3 Å². The van der Waals surface area contributed by atoms with Gasteiger partial charge in [-0.2, -0.15) is 0 Å². The van der Waals surface area contributed by atoms with Gasteiger partial charge in [-0.3, -0.25) is 4.79 Å². The van der Waals surface area contributed by atoms with E-state index in [0.717, 1.165) is 5.56 Å². The molecule has 2 rings (SSSR count). The Morgan fingerprint density at radius 1 is 1.29 bits per heavy atom. The second-order valence-electron chi connectivity index (χ2n) is 3.33. The molecule has 1 aromatic heterocycles. The molecule has 2 N–H and O–H groups in total. The first-order chi connectivity index (χ1) is 8.22. The number of carbonyl (C=O) groups excluding carboxylic acids is 1. The largest absolute Gasteiger partial charge is 0.496 e. The number of aromatic nitrogens is 2. The van der Waals surface area contributed by atoms with E-state index >= 15 is 0 Å². The van der Waals surface area contributed by atoms with Crippen LogP contribution in [-0.2, 0) is 0 Å². The molecule has 1 heterocycles. The summed E-state index contributed by atoms with van der Waals surface area (Å²) in [5.74, 6) is 0.0248. The molecule has 5 nitrogen and oxygen atoms in total. The van der Waals surface area contributed by atoms with Crippen LogP contribution < -0.4 is 10.5 Å². The van der Waals surface area contributed by atoms with E-state index in [2.05, 4.69) is 9.97 Å². The van der Waals surface area contributed by atoms with Crippen LogP contribution in [0, 0.1) is 0 Å². The molecule has 0 saturated heterocycles. The molecule has 0 bridgehead atoms. The summed E-state index contributed by atoms with van der Waals surface area (Å²) in [7, 11) is 1.58. The summed E-state index contributed by atoms with van der Waals surface area (Å²) >= 11 is 0. The number of hydrogen-bond donors (Lipinski definition) is 1. The van der Waals surface area contributed by atoms with Crippen LogP contribution in [0.4, 0.5) is 0 Å². The number of para-hydroxylation sites is 1. The summed E-state index contributed by atoms with van der Waals surface area (Å²) in [5, 5.41) is 0. The molecular formula is C12H11N3O2. The quantitative estimate of drug-likeness (QED) is 0.859. The minimum atomic E-state index is -0.651. The Morgan fingerprint density at radius 2 is 2.06 bits per heavy atom. The SMILES string of the molecule is COc1ccccc1-c1ccnc(C(N)=O)n1. The zero-order valence-corrected chi connectivity index (χ0v) is 9.25. The van der Waals surface area contributed by atoms with E-state index in [4.69, 9.17) is 10.5 Å². The second-order valence-corrected chi connectivity index (χ2v) is 3.33. The maximum atomic E-state index is 11.0. The Hall–Kier alpha value is -2.43. The van der Waals surface area contributed by atoms with E-state index in [0.29, 0.717) is 11.4 Å². The van der Waals surface area contributed by atoms with E-state index in [1.165, 1.54) is 6.20 Å². The first-order valence-electron chi connectivity index (χ1n) is 4.98. The van der Waals surface area contributed by atoms with Gasteiger partial charge in [-0.05, 0) is 18.2 Å². The van der Waals surface area contributed by atoms with Crippen molar-refractivity contribution in [2.45, 2.75) is 0 Å². The number of ether oxygens (including phenoxy) is 1. The van der Waals surface area contributed by atoms with Crippen molar-refractivity contribution in [2.75, 3.05) is 7.11 Å². The lowest BCUT2D eigenvalue weighted by molar-refractivity contribution is 0.0990. The Bertz CT molecular complexity index is 555. The molecule has 0 fully saturated rings. The zero-order chi connectivity index (χ0) is 12.3. The summed E-state index contributed by atoms with van der Waals surface area (Å²) in [5.41, 5.74) is 6.53. The molecule has 5 heteroatoms. The Morgan fingerprint density at radius 3 is 2.76 bits per heavy atom. The van der Waals surface area contributed by atoms with Gasteiger partial charge in [0.2, 0.25) is 5.82 Å². The predicted molar refractivity (Wildman–Crippen MR) is 62.5 cm³/mol. The smallest absolute Gasteiger partial charge is 0.286 e. The third-order valence-corrected chi connectivity index (χ3v) is 2.26. The highest BCUT2D eigenvalue weighted by Gasteiger charge is 2.09. The fourth-order valence-corrected chi connectivity index (χ4v) is 1.48. The first kappa shape index (κ1) is 11.1. The van der Waals surface area contributed by atoms with E-state index in [-0.39, 0.29) is 5.82 Å². The minimum Gasteiger partial charge on any atom is -0.496 e. The first-order valence-corrected chi connectivity index (χ1v) is 4.98. The minimum absolute atomic E-state index is 0.00611. The van der Waals surface area contributed by atoms with Gasteiger partial charge in [-0.25, -0.2) is 9.97 Å². The molecule has 0 radical (unpaired) electrons. The number of methoxy groups -OCH3 is 1. The molecule has 0 saturated carbocycles. The Kier molecular flexibility index (Phi) is 3.00. The Labute approximate surface area is 98.3 Å². The van der Waals surface area contributed by atoms with Gasteiger partial charge < -0.3 is 10.5 Å². The lowest BCUT2D eigenvalue weighted by Crippen LogP contribution is -2.15. The number of nitrogens with zero attached hydrogens (tertiary/aromatic N) is 2. The van der Waals surface area contributed by atoms with Crippen LogP contribution in [-0.4, -0.2) is 23.0 Å². The van der Waals surface area contributed by atoms with E-state index < -0.39 is 5.91 Å². The molecule has 0 aliphatic rings. The summed E-state index contributed by atoms with van der Waals surface area (Å²) < 4.78 is 5.22. The molecule has 1 aromatic carbocycles. The third kappa shape index (κ3) is 2.23. The summed E-state index contributed by atoms with van der Waals surface area (Å²) in [6.45, 7) is 0. The molecule has 1 amide bonds. The van der Waals surface area contributed by atoms with Gasteiger partial charge in [-0.15, -0.1) is 0 Å². The van der Waals surface area contributed by atoms with Crippen molar-refractivity contribution in [2.24, 2.45) is 5.73 Å². The second kappa shape index (κ2) is 4.61. The number of amides is 1.